The standard InChI is InChI=1S/C32H32Cl2FN3O4/c1-31(2,3)15-17-13-22(29(40)37-19-8-10-20(11-9-19)42-16-26(36)39)27(21-5-4-6-24(34)28(21)35)32(17)23-12-7-18(33)14-25(23)38-30(32)41/h4-12,14,17,22,27H,13,15-16H2,1-3H3,(H2,36,39)(H,37,40)(H,38,41)/t17-,22+,27-,32-/m0/s1. The Balaban J connectivity index is 1.62. The fraction of sp³-hybridized carbons (Fsp3) is 0.344. The van der Waals surface area contributed by atoms with Crippen LogP contribution in [0.1, 0.15) is 50.7 Å². The molecule has 1 aliphatic heterocycles. The number of carbonyl (C=O) groups is 3. The molecule has 1 spiro atoms. The summed E-state index contributed by atoms with van der Waals surface area (Å²) in [5.41, 5.74) is 5.65. The van der Waals surface area contributed by atoms with Gasteiger partial charge in [-0.05, 0) is 77.8 Å². The van der Waals surface area contributed by atoms with Gasteiger partial charge in [0.15, 0.2) is 6.61 Å². The van der Waals surface area contributed by atoms with Crippen LogP contribution in [0.5, 0.6) is 5.75 Å². The fourth-order valence-corrected chi connectivity index (χ4v) is 7.09. The normalized spacial score (nSPS) is 23.0. The van der Waals surface area contributed by atoms with Gasteiger partial charge in [0.05, 0.1) is 10.4 Å². The van der Waals surface area contributed by atoms with Crippen LogP contribution >= 0.6 is 23.2 Å². The minimum absolute atomic E-state index is 0.0811. The van der Waals surface area contributed by atoms with Gasteiger partial charge in [-0.3, -0.25) is 14.4 Å². The Morgan fingerprint density at radius 2 is 1.83 bits per heavy atom. The molecule has 0 radical (unpaired) electrons. The molecular weight excluding hydrogens is 580 g/mol. The Morgan fingerprint density at radius 1 is 1.12 bits per heavy atom. The van der Waals surface area contributed by atoms with Crippen LogP contribution in [0.15, 0.2) is 60.7 Å². The first kappa shape index (κ1) is 29.9. The van der Waals surface area contributed by atoms with Gasteiger partial charge in [0.2, 0.25) is 11.8 Å². The van der Waals surface area contributed by atoms with E-state index in [4.69, 9.17) is 33.7 Å². The van der Waals surface area contributed by atoms with Gasteiger partial charge in [-0.1, -0.05) is 62.2 Å². The minimum atomic E-state index is -1.24. The highest BCUT2D eigenvalue weighted by molar-refractivity contribution is 6.31. The Kier molecular flexibility index (Phi) is 7.98. The SMILES string of the molecule is CC(C)(C)C[C@@H]1C[C@@H](C(=O)Nc2ccc(OCC(N)=O)cc2)[C@H](c2cccc(Cl)c2F)[C@]12C(=O)Nc1cc(Cl)ccc12. The summed E-state index contributed by atoms with van der Waals surface area (Å²) in [5.74, 6) is -3.42. The molecule has 0 bridgehead atoms. The first-order valence-corrected chi connectivity index (χ1v) is 14.4. The molecule has 220 valence electrons. The largest absolute Gasteiger partial charge is 0.484 e. The van der Waals surface area contributed by atoms with Crippen molar-refractivity contribution in [2.75, 3.05) is 17.2 Å². The van der Waals surface area contributed by atoms with Crippen molar-refractivity contribution in [2.45, 2.75) is 44.9 Å². The highest BCUT2D eigenvalue weighted by Crippen LogP contribution is 2.64. The zero-order valence-corrected chi connectivity index (χ0v) is 25.0. The summed E-state index contributed by atoms with van der Waals surface area (Å²) in [6.45, 7) is 5.98. The van der Waals surface area contributed by atoms with Crippen molar-refractivity contribution in [2.24, 2.45) is 23.0 Å². The lowest BCUT2D eigenvalue weighted by Crippen LogP contribution is -2.45. The lowest BCUT2D eigenvalue weighted by molar-refractivity contribution is -0.124. The highest BCUT2D eigenvalue weighted by atomic mass is 35.5. The number of carbonyl (C=O) groups excluding carboxylic acids is 3. The molecule has 3 amide bonds. The summed E-state index contributed by atoms with van der Waals surface area (Å²) in [5, 5.41) is 6.33. The summed E-state index contributed by atoms with van der Waals surface area (Å²) in [6.07, 6.45) is 0.950. The van der Waals surface area contributed by atoms with E-state index >= 15 is 4.39 Å². The molecule has 42 heavy (non-hydrogen) atoms. The number of nitrogens with two attached hydrogens (primary N) is 1. The van der Waals surface area contributed by atoms with Gasteiger partial charge in [0.1, 0.15) is 11.6 Å². The predicted octanol–water partition coefficient (Wildman–Crippen LogP) is 6.68. The summed E-state index contributed by atoms with van der Waals surface area (Å²) >= 11 is 12.6. The maximum Gasteiger partial charge on any atom is 0.255 e. The second-order valence-corrected chi connectivity index (χ2v) is 13.0. The maximum absolute atomic E-state index is 15.9. The molecule has 2 aliphatic rings. The predicted molar refractivity (Wildman–Crippen MR) is 161 cm³/mol. The minimum Gasteiger partial charge on any atom is -0.484 e. The van der Waals surface area contributed by atoms with Crippen molar-refractivity contribution in [3.63, 3.8) is 0 Å². The Morgan fingerprint density at radius 3 is 2.50 bits per heavy atom. The molecular formula is C32H32Cl2FN3O4. The van der Waals surface area contributed by atoms with Gasteiger partial charge >= 0.3 is 0 Å². The fourth-order valence-electron chi connectivity index (χ4n) is 6.73. The summed E-state index contributed by atoms with van der Waals surface area (Å²) < 4.78 is 21.2. The maximum atomic E-state index is 15.9. The van der Waals surface area contributed by atoms with Crippen molar-refractivity contribution >= 4 is 52.3 Å². The summed E-state index contributed by atoms with van der Waals surface area (Å²) in [6, 6.07) is 16.4. The lowest BCUT2D eigenvalue weighted by atomic mass is 9.62. The van der Waals surface area contributed by atoms with E-state index in [0.29, 0.717) is 40.6 Å². The van der Waals surface area contributed by atoms with E-state index in [-0.39, 0.29) is 40.3 Å². The third-order valence-corrected chi connectivity index (χ3v) is 8.67. The van der Waals surface area contributed by atoms with Crippen molar-refractivity contribution in [1.29, 1.82) is 0 Å². The lowest BCUT2D eigenvalue weighted by Gasteiger charge is -2.39. The van der Waals surface area contributed by atoms with E-state index in [2.05, 4.69) is 31.4 Å². The summed E-state index contributed by atoms with van der Waals surface area (Å²) in [7, 11) is 0. The molecule has 1 aliphatic carbocycles. The van der Waals surface area contributed by atoms with Gasteiger partial charge in [0.25, 0.3) is 5.91 Å². The number of anilines is 2. The number of fused-ring (bicyclic) bond motifs is 2. The number of hydrogen-bond donors (Lipinski definition) is 3. The number of halogens is 3. The van der Waals surface area contributed by atoms with Gasteiger partial charge in [-0.2, -0.15) is 0 Å². The second kappa shape index (κ2) is 11.2. The first-order valence-electron chi connectivity index (χ1n) is 13.7. The molecule has 0 aromatic heterocycles. The van der Waals surface area contributed by atoms with E-state index in [1.165, 1.54) is 6.07 Å². The van der Waals surface area contributed by atoms with Crippen LogP contribution in [0.25, 0.3) is 0 Å². The molecule has 4 N–H and O–H groups in total. The van der Waals surface area contributed by atoms with E-state index in [1.54, 1.807) is 48.5 Å². The van der Waals surface area contributed by atoms with Crippen molar-refractivity contribution in [1.82, 2.24) is 0 Å². The average molecular weight is 613 g/mol. The molecule has 5 rings (SSSR count). The zero-order chi connectivity index (χ0) is 30.4. The monoisotopic (exact) mass is 611 g/mol. The average Bonchev–Trinajstić information content (AvgIpc) is 3.38. The second-order valence-electron chi connectivity index (χ2n) is 12.2. The van der Waals surface area contributed by atoms with Crippen LogP contribution in [0.3, 0.4) is 0 Å². The number of benzene rings is 3. The van der Waals surface area contributed by atoms with Crippen molar-refractivity contribution in [3.05, 3.63) is 87.7 Å². The van der Waals surface area contributed by atoms with E-state index in [0.717, 1.165) is 0 Å². The quantitative estimate of drug-likeness (QED) is 0.277. The molecule has 1 heterocycles. The first-order chi connectivity index (χ1) is 19.8. The number of rotatable bonds is 7. The van der Waals surface area contributed by atoms with E-state index < -0.39 is 29.0 Å². The Bertz CT molecular complexity index is 1560. The molecule has 3 aromatic rings. The van der Waals surface area contributed by atoms with Crippen LogP contribution in [0, 0.1) is 23.1 Å². The molecule has 0 unspecified atom stereocenters. The van der Waals surface area contributed by atoms with Crippen LogP contribution in [-0.2, 0) is 19.8 Å². The third kappa shape index (κ3) is 5.45. The van der Waals surface area contributed by atoms with Crippen molar-refractivity contribution in [3.8, 4) is 5.75 Å². The van der Waals surface area contributed by atoms with Gasteiger partial charge < -0.3 is 21.1 Å². The number of hydrogen-bond acceptors (Lipinski definition) is 4. The Hall–Kier alpha value is -3.62. The topological polar surface area (TPSA) is 111 Å². The molecule has 1 saturated carbocycles. The van der Waals surface area contributed by atoms with Crippen LogP contribution in [0.4, 0.5) is 15.8 Å². The van der Waals surface area contributed by atoms with Gasteiger partial charge in [-0.25, -0.2) is 4.39 Å². The van der Waals surface area contributed by atoms with E-state index in [9.17, 15) is 14.4 Å². The van der Waals surface area contributed by atoms with Crippen LogP contribution in [-0.4, -0.2) is 24.3 Å². The molecule has 0 saturated heterocycles. The molecule has 4 atom stereocenters. The highest BCUT2D eigenvalue weighted by Gasteiger charge is 2.66. The van der Waals surface area contributed by atoms with Crippen LogP contribution < -0.4 is 21.1 Å². The smallest absolute Gasteiger partial charge is 0.255 e. The van der Waals surface area contributed by atoms with E-state index in [1.807, 2.05) is 6.07 Å². The molecule has 1 fully saturated rings. The molecule has 3 aromatic carbocycles. The number of nitrogens with one attached hydrogen (secondary N) is 2. The molecule has 10 heteroatoms. The number of amides is 3. The number of primary amides is 1. The molecule has 7 nitrogen and oxygen atoms in total. The van der Waals surface area contributed by atoms with Gasteiger partial charge in [0, 0.05) is 28.2 Å². The Labute approximate surface area is 253 Å². The third-order valence-electron chi connectivity index (χ3n) is 8.14. The summed E-state index contributed by atoms with van der Waals surface area (Å²) in [4.78, 5) is 39.4. The number of ether oxygens (including phenoxy) is 1. The van der Waals surface area contributed by atoms with Crippen molar-refractivity contribution < 1.29 is 23.5 Å². The van der Waals surface area contributed by atoms with Crippen LogP contribution in [0.2, 0.25) is 10.0 Å². The zero-order valence-electron chi connectivity index (χ0n) is 23.5. The van der Waals surface area contributed by atoms with Gasteiger partial charge in [-0.15, -0.1) is 0 Å².